The van der Waals surface area contributed by atoms with Crippen LogP contribution < -0.4 is 0 Å². The van der Waals surface area contributed by atoms with E-state index in [4.69, 9.17) is 42.6 Å². The van der Waals surface area contributed by atoms with Crippen molar-refractivity contribution < 1.29 is 83.5 Å². The van der Waals surface area contributed by atoms with Gasteiger partial charge in [0.1, 0.15) is 67.1 Å². The van der Waals surface area contributed by atoms with Gasteiger partial charge in [0.25, 0.3) is 0 Å². The molecule has 17 nitrogen and oxygen atoms in total. The first-order chi connectivity index (χ1) is 31.6. The third kappa shape index (κ3) is 9.25. The van der Waals surface area contributed by atoms with E-state index in [0.29, 0.717) is 55.0 Å². The highest BCUT2D eigenvalue weighted by molar-refractivity contribution is 5.27. The Balaban J connectivity index is 0.843. The molecule has 0 aromatic rings. The molecule has 5 radical (unpaired) electrons. The summed E-state index contributed by atoms with van der Waals surface area (Å²) in [6.45, 7) is 12.1. The first-order valence-electron chi connectivity index (χ1n) is 24.6. The maximum atomic E-state index is 12.0. The molecule has 4 aliphatic carbocycles. The van der Waals surface area contributed by atoms with Crippen molar-refractivity contribution in [2.24, 2.45) is 46.3 Å². The lowest BCUT2D eigenvalue weighted by molar-refractivity contribution is -0.376. The van der Waals surface area contributed by atoms with Gasteiger partial charge in [-0.05, 0) is 124 Å². The summed E-state index contributed by atoms with van der Waals surface area (Å²) in [5.74, 6) is 2.96. The summed E-state index contributed by atoms with van der Waals surface area (Å²) in [5, 5.41) is 85.3. The minimum absolute atomic E-state index is 0.0154. The molecule has 0 bridgehead atoms. The zero-order chi connectivity index (χ0) is 46.8. The first kappa shape index (κ1) is 50.0. The van der Waals surface area contributed by atoms with Crippen LogP contribution in [0.15, 0.2) is 11.6 Å². The van der Waals surface area contributed by atoms with Gasteiger partial charge in [0, 0.05) is 6.42 Å². The largest absolute Gasteiger partial charge is 0.394 e. The van der Waals surface area contributed by atoms with Gasteiger partial charge in [-0.2, -0.15) is 0 Å². The van der Waals surface area contributed by atoms with E-state index in [1.807, 2.05) is 19.3 Å². The van der Waals surface area contributed by atoms with E-state index in [2.05, 4.69) is 33.8 Å². The smallest absolute Gasteiger partial charge is 0.187 e. The molecular weight excluding hydrogens is 861 g/mol. The molecule has 373 valence electrons. The SMILES string of the molecule is C[C@H](CC[C]1O[C@H]2C[C@H]3[C@H]4CC=C5C[C@@H](O[C@H]6O[C@@H](CO)[C@H](O[C@@H]7O[C@@H](CO)[C@H](O)[C@H]7O)[C@@H](O[C@@H]7O[C@@H](C)[C@H](O)[C@@H](O)[C@H]7O)[C@@H]6O)CC[C@]5(C)[C@H]4CC[C@]3(C)[C@H]2[C@@H]1C)CO[C@H]1[CH][CH][CH][CH]O1. The second kappa shape index (κ2) is 20.3. The fourth-order valence-electron chi connectivity index (χ4n) is 13.8. The van der Waals surface area contributed by atoms with E-state index in [1.54, 1.807) is 6.61 Å². The lowest BCUT2D eigenvalue weighted by atomic mass is 9.47. The topological polar surface area (TPSA) is 245 Å². The molecular formula is C49H75O17. The summed E-state index contributed by atoms with van der Waals surface area (Å²) in [4.78, 5) is 0. The van der Waals surface area contributed by atoms with Crippen molar-refractivity contribution in [3.05, 3.63) is 43.6 Å². The average Bonchev–Trinajstić information content (AvgIpc) is 3.90. The lowest BCUT2D eigenvalue weighted by Gasteiger charge is -2.58. The minimum Gasteiger partial charge on any atom is -0.394 e. The van der Waals surface area contributed by atoms with Crippen LogP contribution in [0.3, 0.4) is 0 Å². The Bertz CT molecular complexity index is 1650. The molecule has 8 N–H and O–H groups in total. The number of hydrogen-bond acceptors (Lipinski definition) is 17. The van der Waals surface area contributed by atoms with E-state index < -0.39 is 99.2 Å². The molecule has 9 aliphatic rings. The molecule has 0 unspecified atom stereocenters. The van der Waals surface area contributed by atoms with Crippen molar-refractivity contribution in [2.75, 3.05) is 19.8 Å². The van der Waals surface area contributed by atoms with Crippen molar-refractivity contribution in [1.82, 2.24) is 0 Å². The van der Waals surface area contributed by atoms with Gasteiger partial charge in [0.2, 0.25) is 0 Å². The lowest BCUT2D eigenvalue weighted by Crippen LogP contribution is -2.65. The summed E-state index contributed by atoms with van der Waals surface area (Å²) in [7, 11) is 0. The molecule has 0 aromatic heterocycles. The predicted octanol–water partition coefficient (Wildman–Crippen LogP) is 1.81. The van der Waals surface area contributed by atoms with Crippen molar-refractivity contribution >= 4 is 0 Å². The van der Waals surface area contributed by atoms with Gasteiger partial charge >= 0.3 is 0 Å². The second-order valence-corrected chi connectivity index (χ2v) is 21.5. The van der Waals surface area contributed by atoms with Crippen molar-refractivity contribution in [2.45, 2.75) is 197 Å². The Hall–Kier alpha value is -0.940. The van der Waals surface area contributed by atoms with E-state index >= 15 is 0 Å². The fourth-order valence-corrected chi connectivity index (χ4v) is 13.8. The molecule has 8 fully saturated rings. The Morgan fingerprint density at radius 2 is 1.48 bits per heavy atom. The molecule has 0 spiro atoms. The molecule has 17 heteroatoms. The summed E-state index contributed by atoms with van der Waals surface area (Å²) in [5.41, 5.74) is 1.54. The zero-order valence-electron chi connectivity index (χ0n) is 38.9. The predicted molar refractivity (Wildman–Crippen MR) is 231 cm³/mol. The van der Waals surface area contributed by atoms with Gasteiger partial charge in [-0.15, -0.1) is 0 Å². The van der Waals surface area contributed by atoms with Gasteiger partial charge < -0.3 is 83.5 Å². The van der Waals surface area contributed by atoms with Gasteiger partial charge in [0.15, 0.2) is 25.2 Å². The molecule has 66 heavy (non-hydrogen) atoms. The molecule has 25 atom stereocenters. The number of fused-ring (bicyclic) bond motifs is 7. The Kier molecular flexibility index (Phi) is 15.4. The molecule has 5 aliphatic heterocycles. The van der Waals surface area contributed by atoms with E-state index in [0.717, 1.165) is 38.5 Å². The second-order valence-electron chi connectivity index (χ2n) is 21.5. The standard InChI is InChI=1S/C49H75O17/c1-23(22-59-35-8-6-7-17-58-35)9-12-31-24(2)36-32(62-31)19-30-28-11-10-26-18-27(13-15-48(26,4)29(28)14-16-49(30,36)5)61-47-42(57)44(66-45-41(56)39(54)37(52)25(3)60-45)43(34(21-51)64-47)65-46-40(55)38(53)33(20-50)63-46/h6-8,10,17,23-25,27-30,32-47,50-57H,9,11-16,18-22H2,1-5H3/t23-,24-,25+,27+,28+,29+,30+,32+,33+,34+,35+,36+,37+,38+,39-,40-,41-,42+,43+,44+,45+,46+,47+,48+,49+/m1/s1. The number of aliphatic hydroxyl groups is 8. The number of allylic oxidation sites excluding steroid dienone is 1. The van der Waals surface area contributed by atoms with Crippen molar-refractivity contribution in [3.63, 3.8) is 0 Å². The van der Waals surface area contributed by atoms with Gasteiger partial charge in [-0.3, -0.25) is 0 Å². The first-order valence-corrected chi connectivity index (χ1v) is 24.6. The maximum absolute atomic E-state index is 12.0. The molecule has 3 saturated carbocycles. The number of rotatable bonds is 14. The Morgan fingerprint density at radius 3 is 2.21 bits per heavy atom. The number of ether oxygens (including phenoxy) is 9. The van der Waals surface area contributed by atoms with Gasteiger partial charge in [-0.25, -0.2) is 0 Å². The highest BCUT2D eigenvalue weighted by atomic mass is 16.8. The van der Waals surface area contributed by atoms with Crippen LogP contribution in [0.1, 0.15) is 92.4 Å². The molecule has 5 saturated heterocycles. The highest BCUT2D eigenvalue weighted by Gasteiger charge is 2.65. The van der Waals surface area contributed by atoms with Crippen molar-refractivity contribution in [1.29, 1.82) is 0 Å². The monoisotopic (exact) mass is 936 g/mol. The summed E-state index contributed by atoms with van der Waals surface area (Å²) >= 11 is 0. The van der Waals surface area contributed by atoms with Crippen LogP contribution in [0, 0.1) is 78.3 Å². The average molecular weight is 936 g/mol. The van der Waals surface area contributed by atoms with Crippen LogP contribution in [0.2, 0.25) is 0 Å². The molecule has 0 aromatic carbocycles. The van der Waals surface area contributed by atoms with E-state index in [9.17, 15) is 40.9 Å². The van der Waals surface area contributed by atoms with Crippen LogP contribution in [0.4, 0.5) is 0 Å². The van der Waals surface area contributed by atoms with Crippen molar-refractivity contribution in [3.8, 4) is 0 Å². The van der Waals surface area contributed by atoms with Crippen LogP contribution in [0.5, 0.6) is 0 Å². The van der Waals surface area contributed by atoms with Crippen LogP contribution in [-0.4, -0.2) is 165 Å². The quantitative estimate of drug-likeness (QED) is 0.116. The minimum atomic E-state index is -1.73. The highest BCUT2D eigenvalue weighted by Crippen LogP contribution is 2.70. The van der Waals surface area contributed by atoms with Crippen LogP contribution >= 0.6 is 0 Å². The summed E-state index contributed by atoms with van der Waals surface area (Å²) in [6, 6.07) is 0. The summed E-state index contributed by atoms with van der Waals surface area (Å²) < 4.78 is 54.7. The summed E-state index contributed by atoms with van der Waals surface area (Å²) in [6.07, 6.45) is -2.55. The van der Waals surface area contributed by atoms with Gasteiger partial charge in [0.05, 0.1) is 44.7 Å². The zero-order valence-corrected chi connectivity index (χ0v) is 38.9. The maximum Gasteiger partial charge on any atom is 0.187 e. The Labute approximate surface area is 389 Å². The Morgan fingerprint density at radius 1 is 0.773 bits per heavy atom. The molecule has 0 amide bonds. The van der Waals surface area contributed by atoms with Crippen LogP contribution in [-0.2, 0) is 42.6 Å². The van der Waals surface area contributed by atoms with E-state index in [1.165, 1.54) is 25.0 Å². The molecule has 9 rings (SSSR count). The van der Waals surface area contributed by atoms with Gasteiger partial charge in [-0.1, -0.05) is 39.3 Å². The van der Waals surface area contributed by atoms with Crippen LogP contribution in [0.25, 0.3) is 0 Å². The fraction of sp³-hybridized carbons (Fsp3) is 0.857. The third-order valence-corrected chi connectivity index (χ3v) is 17.6. The number of aliphatic hydroxyl groups excluding tert-OH is 8. The van der Waals surface area contributed by atoms with E-state index in [-0.39, 0.29) is 29.3 Å². The number of hydrogen-bond donors (Lipinski definition) is 8. The third-order valence-electron chi connectivity index (χ3n) is 17.6. The normalized spacial score (nSPS) is 52.3. The molecule has 5 heterocycles.